The molecule has 1 fully saturated rings. The first kappa shape index (κ1) is 17.4. The van der Waals surface area contributed by atoms with Crippen molar-refractivity contribution in [2.24, 2.45) is 13.0 Å². The number of nitrogens with zero attached hydrogens (tertiary/aromatic N) is 3. The highest BCUT2D eigenvalue weighted by Gasteiger charge is 2.36. The Morgan fingerprint density at radius 1 is 1.44 bits per heavy atom. The number of hydrogen-bond acceptors (Lipinski definition) is 4. The molecule has 134 valence electrons. The molecule has 1 aromatic carbocycles. The third kappa shape index (κ3) is 3.99. The predicted molar refractivity (Wildman–Crippen MR) is 91.8 cm³/mol. The van der Waals surface area contributed by atoms with Crippen molar-refractivity contribution in [2.45, 2.75) is 5.92 Å². The molecule has 0 saturated carbocycles. The van der Waals surface area contributed by atoms with Gasteiger partial charge in [0, 0.05) is 39.3 Å². The van der Waals surface area contributed by atoms with Crippen LogP contribution in [0.1, 0.15) is 11.5 Å². The first-order chi connectivity index (χ1) is 12.1. The summed E-state index contributed by atoms with van der Waals surface area (Å²) in [5, 5.41) is 7.49. The number of carbonyl (C=O) groups is 1. The van der Waals surface area contributed by atoms with Crippen LogP contribution >= 0.6 is 0 Å². The van der Waals surface area contributed by atoms with Crippen LogP contribution in [-0.4, -0.2) is 53.9 Å². The maximum absolute atomic E-state index is 13.5. The largest absolute Gasteiger partial charge is 0.489 e. The van der Waals surface area contributed by atoms with Gasteiger partial charge < -0.3 is 15.0 Å². The Morgan fingerprint density at radius 3 is 2.96 bits per heavy atom. The van der Waals surface area contributed by atoms with E-state index < -0.39 is 5.82 Å². The number of para-hydroxylation sites is 1. The van der Waals surface area contributed by atoms with Crippen molar-refractivity contribution in [1.82, 2.24) is 20.0 Å². The molecule has 25 heavy (non-hydrogen) atoms. The average Bonchev–Trinajstić information content (AvgIpc) is 3.24. The van der Waals surface area contributed by atoms with Crippen LogP contribution in [0.4, 0.5) is 4.39 Å². The zero-order valence-electron chi connectivity index (χ0n) is 14.5. The monoisotopic (exact) mass is 346 g/mol. The molecule has 2 atom stereocenters. The zero-order valence-corrected chi connectivity index (χ0v) is 14.5. The number of aromatic nitrogens is 2. The lowest BCUT2D eigenvalue weighted by molar-refractivity contribution is -0.134. The minimum absolute atomic E-state index is 0.0657. The quantitative estimate of drug-likeness (QED) is 0.859. The number of amides is 1. The van der Waals surface area contributed by atoms with Crippen molar-refractivity contribution in [3.8, 4) is 5.75 Å². The molecule has 1 aliphatic heterocycles. The number of rotatable bonds is 6. The van der Waals surface area contributed by atoms with Crippen LogP contribution < -0.4 is 10.1 Å². The van der Waals surface area contributed by atoms with E-state index in [9.17, 15) is 9.18 Å². The summed E-state index contributed by atoms with van der Waals surface area (Å²) in [5.74, 6) is -0.123. The highest BCUT2D eigenvalue weighted by molar-refractivity contribution is 5.80. The molecule has 0 spiro atoms. The van der Waals surface area contributed by atoms with Gasteiger partial charge in [-0.2, -0.15) is 5.10 Å². The van der Waals surface area contributed by atoms with Gasteiger partial charge in [0.05, 0.1) is 18.7 Å². The molecule has 6 nitrogen and oxygen atoms in total. The highest BCUT2D eigenvalue weighted by Crippen LogP contribution is 2.29. The van der Waals surface area contributed by atoms with Crippen molar-refractivity contribution in [3.63, 3.8) is 0 Å². The van der Waals surface area contributed by atoms with Crippen LogP contribution in [0.5, 0.6) is 5.75 Å². The SMILES string of the molecule is CN(CCOc1ccccc1F)C(=O)[C@H]1CNC[C@@H]1c1cnn(C)c1. The molecular weight excluding hydrogens is 323 g/mol. The van der Waals surface area contributed by atoms with Crippen molar-refractivity contribution in [3.05, 3.63) is 48.0 Å². The normalized spacial score (nSPS) is 19.8. The highest BCUT2D eigenvalue weighted by atomic mass is 19.1. The van der Waals surface area contributed by atoms with Gasteiger partial charge in [0.1, 0.15) is 6.61 Å². The lowest BCUT2D eigenvalue weighted by Crippen LogP contribution is -2.38. The number of carbonyl (C=O) groups excluding carboxylic acids is 1. The second kappa shape index (κ2) is 7.65. The average molecular weight is 346 g/mol. The summed E-state index contributed by atoms with van der Waals surface area (Å²) in [6, 6.07) is 6.27. The van der Waals surface area contributed by atoms with Gasteiger partial charge in [-0.25, -0.2) is 4.39 Å². The maximum atomic E-state index is 13.5. The lowest BCUT2D eigenvalue weighted by Gasteiger charge is -2.24. The van der Waals surface area contributed by atoms with Gasteiger partial charge in [-0.15, -0.1) is 0 Å². The summed E-state index contributed by atoms with van der Waals surface area (Å²) in [7, 11) is 3.63. The first-order valence-electron chi connectivity index (χ1n) is 8.38. The Labute approximate surface area is 146 Å². The van der Waals surface area contributed by atoms with Crippen LogP contribution in [-0.2, 0) is 11.8 Å². The number of halogens is 1. The van der Waals surface area contributed by atoms with E-state index in [0.29, 0.717) is 13.1 Å². The van der Waals surface area contributed by atoms with Crippen LogP contribution in [0.3, 0.4) is 0 Å². The topological polar surface area (TPSA) is 59.4 Å². The van der Waals surface area contributed by atoms with Gasteiger partial charge >= 0.3 is 0 Å². The second-order valence-corrected chi connectivity index (χ2v) is 6.36. The maximum Gasteiger partial charge on any atom is 0.227 e. The second-order valence-electron chi connectivity index (χ2n) is 6.36. The van der Waals surface area contributed by atoms with E-state index in [-0.39, 0.29) is 30.1 Å². The van der Waals surface area contributed by atoms with E-state index in [1.54, 1.807) is 34.8 Å². The fourth-order valence-corrected chi connectivity index (χ4v) is 3.17. The summed E-state index contributed by atoms with van der Waals surface area (Å²) in [5.41, 5.74) is 1.07. The van der Waals surface area contributed by atoms with Gasteiger partial charge in [0.25, 0.3) is 0 Å². The van der Waals surface area contributed by atoms with E-state index in [4.69, 9.17) is 4.74 Å². The molecule has 1 saturated heterocycles. The number of ether oxygens (including phenoxy) is 1. The van der Waals surface area contributed by atoms with Gasteiger partial charge in [0.2, 0.25) is 5.91 Å². The number of benzene rings is 1. The van der Waals surface area contributed by atoms with Crippen LogP contribution in [0, 0.1) is 11.7 Å². The van der Waals surface area contributed by atoms with Gasteiger partial charge in [0.15, 0.2) is 11.6 Å². The van der Waals surface area contributed by atoms with Crippen LogP contribution in [0.25, 0.3) is 0 Å². The molecule has 2 heterocycles. The Balaban J connectivity index is 1.55. The van der Waals surface area contributed by atoms with Crippen molar-refractivity contribution in [1.29, 1.82) is 0 Å². The van der Waals surface area contributed by atoms with Crippen LogP contribution in [0.15, 0.2) is 36.7 Å². The molecule has 1 amide bonds. The van der Waals surface area contributed by atoms with E-state index in [2.05, 4.69) is 10.4 Å². The number of hydrogen-bond donors (Lipinski definition) is 1. The summed E-state index contributed by atoms with van der Waals surface area (Å²) in [6.07, 6.45) is 3.78. The van der Waals surface area contributed by atoms with Gasteiger partial charge in [-0.1, -0.05) is 12.1 Å². The molecule has 7 heteroatoms. The van der Waals surface area contributed by atoms with Crippen molar-refractivity contribution < 1.29 is 13.9 Å². The first-order valence-corrected chi connectivity index (χ1v) is 8.38. The Bertz CT molecular complexity index is 733. The van der Waals surface area contributed by atoms with E-state index in [1.165, 1.54) is 6.07 Å². The molecule has 0 bridgehead atoms. The predicted octanol–water partition coefficient (Wildman–Crippen LogP) is 1.40. The smallest absolute Gasteiger partial charge is 0.227 e. The molecule has 0 unspecified atom stereocenters. The van der Waals surface area contributed by atoms with E-state index in [0.717, 1.165) is 12.1 Å². The standard InChI is InChI=1S/C18H23FN4O2/c1-22(7-8-25-17-6-4-3-5-16(17)19)18(24)15-11-20-10-14(15)13-9-21-23(2)12-13/h3-6,9,12,14-15,20H,7-8,10-11H2,1-2H3/t14-,15+/m1/s1. The Kier molecular flexibility index (Phi) is 5.33. The number of nitrogens with one attached hydrogen (secondary N) is 1. The third-order valence-corrected chi connectivity index (χ3v) is 4.58. The van der Waals surface area contributed by atoms with Crippen molar-refractivity contribution >= 4 is 5.91 Å². The number of likely N-dealkylation sites (N-methyl/N-ethyl adjacent to an activating group) is 1. The fraction of sp³-hybridized carbons (Fsp3) is 0.444. The lowest BCUT2D eigenvalue weighted by atomic mass is 9.90. The minimum atomic E-state index is -0.395. The zero-order chi connectivity index (χ0) is 17.8. The van der Waals surface area contributed by atoms with E-state index in [1.807, 2.05) is 19.4 Å². The molecule has 0 aliphatic carbocycles. The molecule has 1 aliphatic rings. The summed E-state index contributed by atoms with van der Waals surface area (Å²) >= 11 is 0. The molecule has 3 rings (SSSR count). The summed E-state index contributed by atoms with van der Waals surface area (Å²) in [4.78, 5) is 14.4. The molecule has 1 aromatic heterocycles. The molecular formula is C18H23FN4O2. The minimum Gasteiger partial charge on any atom is -0.489 e. The van der Waals surface area contributed by atoms with Gasteiger partial charge in [-0.05, 0) is 17.7 Å². The molecule has 2 aromatic rings. The Morgan fingerprint density at radius 2 is 2.24 bits per heavy atom. The van der Waals surface area contributed by atoms with E-state index >= 15 is 0 Å². The fourth-order valence-electron chi connectivity index (χ4n) is 3.17. The van der Waals surface area contributed by atoms with Gasteiger partial charge in [-0.3, -0.25) is 9.48 Å². The Hall–Kier alpha value is -2.41. The molecule has 0 radical (unpaired) electrons. The molecule has 1 N–H and O–H groups in total. The number of aryl methyl sites for hydroxylation is 1. The van der Waals surface area contributed by atoms with Crippen LogP contribution in [0.2, 0.25) is 0 Å². The summed E-state index contributed by atoms with van der Waals surface area (Å²) < 4.78 is 20.7. The summed E-state index contributed by atoms with van der Waals surface area (Å²) in [6.45, 7) is 2.07. The van der Waals surface area contributed by atoms with Crippen molar-refractivity contribution in [2.75, 3.05) is 33.3 Å². The third-order valence-electron chi connectivity index (χ3n) is 4.58.